The number of aryl methyl sites for hydroxylation is 1. The fourth-order valence-electron chi connectivity index (χ4n) is 3.03. The number of benzene rings is 1. The molecule has 1 aromatic heterocycles. The molecule has 2 aromatic rings. The second-order valence-electron chi connectivity index (χ2n) is 5.91. The average Bonchev–Trinajstić information content (AvgIpc) is 2.94. The third-order valence-corrected chi connectivity index (χ3v) is 4.32. The SMILES string of the molecule is Cc1[nH]ncc1CN(Cc1ccccc1)C1CCCNC1. The average molecular weight is 284 g/mol. The molecule has 4 heteroatoms. The largest absolute Gasteiger partial charge is 0.315 e. The Kier molecular flexibility index (Phi) is 4.68. The number of aromatic amines is 1. The van der Waals surface area contributed by atoms with Gasteiger partial charge in [0, 0.05) is 36.9 Å². The predicted molar refractivity (Wildman–Crippen MR) is 84.9 cm³/mol. The van der Waals surface area contributed by atoms with Gasteiger partial charge in [0.2, 0.25) is 0 Å². The summed E-state index contributed by atoms with van der Waals surface area (Å²) in [5.41, 5.74) is 3.86. The van der Waals surface area contributed by atoms with Crippen LogP contribution in [0.25, 0.3) is 0 Å². The quantitative estimate of drug-likeness (QED) is 0.886. The maximum atomic E-state index is 4.16. The molecule has 0 spiro atoms. The minimum absolute atomic E-state index is 0.605. The lowest BCUT2D eigenvalue weighted by atomic mass is 10.0. The van der Waals surface area contributed by atoms with Crippen molar-refractivity contribution in [3.05, 3.63) is 53.3 Å². The number of hydrogen-bond acceptors (Lipinski definition) is 3. The third kappa shape index (κ3) is 3.71. The number of aromatic nitrogens is 2. The summed E-state index contributed by atoms with van der Waals surface area (Å²) in [4.78, 5) is 2.58. The van der Waals surface area contributed by atoms with Crippen molar-refractivity contribution in [1.82, 2.24) is 20.4 Å². The van der Waals surface area contributed by atoms with E-state index in [0.717, 1.165) is 26.2 Å². The van der Waals surface area contributed by atoms with Gasteiger partial charge in [0.25, 0.3) is 0 Å². The zero-order valence-electron chi connectivity index (χ0n) is 12.7. The van der Waals surface area contributed by atoms with Gasteiger partial charge in [-0.1, -0.05) is 30.3 Å². The van der Waals surface area contributed by atoms with E-state index in [1.807, 2.05) is 6.20 Å². The van der Waals surface area contributed by atoms with Crippen molar-refractivity contribution < 1.29 is 0 Å². The number of piperidine rings is 1. The van der Waals surface area contributed by atoms with E-state index in [4.69, 9.17) is 0 Å². The molecule has 4 nitrogen and oxygen atoms in total. The fraction of sp³-hybridized carbons (Fsp3) is 0.471. The Labute approximate surface area is 126 Å². The molecular formula is C17H24N4. The van der Waals surface area contributed by atoms with Gasteiger partial charge in [0.15, 0.2) is 0 Å². The predicted octanol–water partition coefficient (Wildman–Crippen LogP) is 2.47. The second kappa shape index (κ2) is 6.87. The Morgan fingerprint density at radius 1 is 1.24 bits per heavy atom. The highest BCUT2D eigenvalue weighted by molar-refractivity contribution is 5.17. The maximum Gasteiger partial charge on any atom is 0.0535 e. The van der Waals surface area contributed by atoms with Crippen LogP contribution in [0.2, 0.25) is 0 Å². The van der Waals surface area contributed by atoms with Gasteiger partial charge in [-0.3, -0.25) is 10.00 Å². The summed E-state index contributed by atoms with van der Waals surface area (Å²) in [6.45, 7) is 6.30. The molecule has 0 bridgehead atoms. The van der Waals surface area contributed by atoms with Crippen LogP contribution in [0.15, 0.2) is 36.5 Å². The lowest BCUT2D eigenvalue weighted by molar-refractivity contribution is 0.149. The molecule has 2 N–H and O–H groups in total. The van der Waals surface area contributed by atoms with Gasteiger partial charge in [0.05, 0.1) is 6.20 Å². The van der Waals surface area contributed by atoms with Crippen molar-refractivity contribution in [3.63, 3.8) is 0 Å². The molecule has 1 aliphatic rings. The summed E-state index contributed by atoms with van der Waals surface area (Å²) in [7, 11) is 0. The maximum absolute atomic E-state index is 4.16. The van der Waals surface area contributed by atoms with Crippen molar-refractivity contribution >= 4 is 0 Å². The van der Waals surface area contributed by atoms with Crippen LogP contribution in [0.5, 0.6) is 0 Å². The summed E-state index contributed by atoms with van der Waals surface area (Å²) >= 11 is 0. The summed E-state index contributed by atoms with van der Waals surface area (Å²) in [5, 5.41) is 10.7. The van der Waals surface area contributed by atoms with Gasteiger partial charge in [-0.15, -0.1) is 0 Å². The van der Waals surface area contributed by atoms with Gasteiger partial charge < -0.3 is 5.32 Å². The van der Waals surface area contributed by atoms with Gasteiger partial charge in [-0.2, -0.15) is 5.10 Å². The molecule has 21 heavy (non-hydrogen) atoms. The van der Waals surface area contributed by atoms with E-state index in [0.29, 0.717) is 6.04 Å². The first-order chi connectivity index (χ1) is 10.3. The summed E-state index contributed by atoms with van der Waals surface area (Å²) in [5.74, 6) is 0. The summed E-state index contributed by atoms with van der Waals surface area (Å²) < 4.78 is 0. The molecule has 0 radical (unpaired) electrons. The van der Waals surface area contributed by atoms with Crippen LogP contribution in [-0.4, -0.2) is 34.2 Å². The highest BCUT2D eigenvalue weighted by Gasteiger charge is 2.22. The van der Waals surface area contributed by atoms with Gasteiger partial charge in [0.1, 0.15) is 0 Å². The Morgan fingerprint density at radius 3 is 2.76 bits per heavy atom. The molecule has 112 valence electrons. The van der Waals surface area contributed by atoms with E-state index in [-0.39, 0.29) is 0 Å². The number of nitrogens with zero attached hydrogens (tertiary/aromatic N) is 2. The monoisotopic (exact) mass is 284 g/mol. The van der Waals surface area contributed by atoms with Crippen LogP contribution in [0.3, 0.4) is 0 Å². The van der Waals surface area contributed by atoms with E-state index < -0.39 is 0 Å². The van der Waals surface area contributed by atoms with Crippen LogP contribution >= 0.6 is 0 Å². The highest BCUT2D eigenvalue weighted by Crippen LogP contribution is 2.18. The van der Waals surface area contributed by atoms with Crippen molar-refractivity contribution in [3.8, 4) is 0 Å². The number of rotatable bonds is 5. The van der Waals surface area contributed by atoms with Crippen LogP contribution in [0.4, 0.5) is 0 Å². The second-order valence-corrected chi connectivity index (χ2v) is 5.91. The van der Waals surface area contributed by atoms with Crippen molar-refractivity contribution in [1.29, 1.82) is 0 Å². The topological polar surface area (TPSA) is 44.0 Å². The molecule has 2 heterocycles. The molecule has 3 rings (SSSR count). The lowest BCUT2D eigenvalue weighted by Gasteiger charge is -2.34. The Balaban J connectivity index is 1.75. The highest BCUT2D eigenvalue weighted by atomic mass is 15.2. The number of H-pyrrole nitrogens is 1. The zero-order valence-corrected chi connectivity index (χ0v) is 12.7. The molecule has 1 aromatic carbocycles. The van der Waals surface area contributed by atoms with E-state index in [2.05, 4.69) is 57.7 Å². The van der Waals surface area contributed by atoms with Crippen LogP contribution in [-0.2, 0) is 13.1 Å². The first kappa shape index (κ1) is 14.3. The number of nitrogens with one attached hydrogen (secondary N) is 2. The molecular weight excluding hydrogens is 260 g/mol. The van der Waals surface area contributed by atoms with Gasteiger partial charge >= 0.3 is 0 Å². The molecule has 1 atom stereocenters. The molecule has 0 saturated carbocycles. The van der Waals surface area contributed by atoms with Gasteiger partial charge in [-0.25, -0.2) is 0 Å². The standard InChI is InChI=1S/C17H24N4/c1-14-16(10-19-20-14)13-21(17-8-5-9-18-11-17)12-15-6-3-2-4-7-15/h2-4,6-7,10,17-18H,5,8-9,11-13H2,1H3,(H,19,20). The number of hydrogen-bond donors (Lipinski definition) is 2. The Hall–Kier alpha value is -1.65. The normalized spacial score (nSPS) is 19.0. The molecule has 0 aliphatic carbocycles. The fourth-order valence-corrected chi connectivity index (χ4v) is 3.03. The Morgan fingerprint density at radius 2 is 2.10 bits per heavy atom. The van der Waals surface area contributed by atoms with E-state index in [1.165, 1.54) is 29.7 Å². The third-order valence-electron chi connectivity index (χ3n) is 4.32. The van der Waals surface area contributed by atoms with E-state index >= 15 is 0 Å². The molecule has 1 aliphatic heterocycles. The van der Waals surface area contributed by atoms with Crippen LogP contribution in [0, 0.1) is 6.92 Å². The van der Waals surface area contributed by atoms with Crippen molar-refractivity contribution in [2.45, 2.75) is 38.9 Å². The zero-order chi connectivity index (χ0) is 14.5. The minimum atomic E-state index is 0.605. The van der Waals surface area contributed by atoms with Crippen LogP contribution in [0.1, 0.15) is 29.7 Å². The summed E-state index contributed by atoms with van der Waals surface area (Å²) in [6, 6.07) is 11.4. The van der Waals surface area contributed by atoms with Gasteiger partial charge in [-0.05, 0) is 31.9 Å². The Bertz CT molecular complexity index is 543. The molecule has 1 saturated heterocycles. The minimum Gasteiger partial charge on any atom is -0.315 e. The van der Waals surface area contributed by atoms with Crippen molar-refractivity contribution in [2.75, 3.05) is 13.1 Å². The molecule has 1 unspecified atom stereocenters. The van der Waals surface area contributed by atoms with Crippen molar-refractivity contribution in [2.24, 2.45) is 0 Å². The van der Waals surface area contributed by atoms with E-state index in [9.17, 15) is 0 Å². The lowest BCUT2D eigenvalue weighted by Crippen LogP contribution is -2.45. The van der Waals surface area contributed by atoms with E-state index in [1.54, 1.807) is 0 Å². The first-order valence-electron chi connectivity index (χ1n) is 7.80. The summed E-state index contributed by atoms with van der Waals surface area (Å²) in [6.07, 6.45) is 4.50. The molecule has 1 fully saturated rings. The first-order valence-corrected chi connectivity index (χ1v) is 7.80. The molecule has 0 amide bonds. The smallest absolute Gasteiger partial charge is 0.0535 e. The van der Waals surface area contributed by atoms with Crippen LogP contribution < -0.4 is 5.32 Å².